The Bertz CT molecular complexity index is 762. The molecule has 0 atom stereocenters. The third-order valence-corrected chi connectivity index (χ3v) is 6.41. The SMILES string of the molecule is CSc1ccc(CN(C)S(=O)(=O)c2cc(Cl)ccc2Cl)cc1. The summed E-state index contributed by atoms with van der Waals surface area (Å²) in [6.45, 7) is 0.264. The lowest BCUT2D eigenvalue weighted by molar-refractivity contribution is 0.466. The van der Waals surface area contributed by atoms with Gasteiger partial charge in [0.15, 0.2) is 0 Å². The first-order valence-corrected chi connectivity index (χ1v) is 9.81. The smallest absolute Gasteiger partial charge is 0.207 e. The fourth-order valence-corrected chi connectivity index (χ4v) is 4.22. The van der Waals surface area contributed by atoms with Crippen LogP contribution >= 0.6 is 35.0 Å². The number of benzene rings is 2. The van der Waals surface area contributed by atoms with E-state index in [1.165, 1.54) is 23.5 Å². The first-order chi connectivity index (χ1) is 10.3. The van der Waals surface area contributed by atoms with Crippen LogP contribution in [0.3, 0.4) is 0 Å². The van der Waals surface area contributed by atoms with E-state index in [-0.39, 0.29) is 16.5 Å². The first-order valence-electron chi connectivity index (χ1n) is 6.39. The molecule has 0 heterocycles. The van der Waals surface area contributed by atoms with Gasteiger partial charge in [-0.15, -0.1) is 11.8 Å². The van der Waals surface area contributed by atoms with Crippen LogP contribution in [0.25, 0.3) is 0 Å². The molecule has 0 bridgehead atoms. The van der Waals surface area contributed by atoms with Crippen LogP contribution in [-0.4, -0.2) is 26.0 Å². The molecular formula is C15H15Cl2NO2S2. The van der Waals surface area contributed by atoms with E-state index < -0.39 is 10.0 Å². The van der Waals surface area contributed by atoms with Crippen LogP contribution in [0.1, 0.15) is 5.56 Å². The maximum Gasteiger partial charge on any atom is 0.244 e. The van der Waals surface area contributed by atoms with E-state index in [1.807, 2.05) is 30.5 Å². The zero-order chi connectivity index (χ0) is 16.3. The molecule has 0 aliphatic rings. The molecule has 0 aliphatic carbocycles. The lowest BCUT2D eigenvalue weighted by Crippen LogP contribution is -2.26. The van der Waals surface area contributed by atoms with Crippen molar-refractivity contribution in [1.29, 1.82) is 0 Å². The van der Waals surface area contributed by atoms with Gasteiger partial charge in [-0.3, -0.25) is 0 Å². The molecule has 3 nitrogen and oxygen atoms in total. The lowest BCUT2D eigenvalue weighted by atomic mass is 10.2. The minimum atomic E-state index is -3.69. The van der Waals surface area contributed by atoms with Crippen LogP contribution in [0.5, 0.6) is 0 Å². The maximum atomic E-state index is 12.6. The van der Waals surface area contributed by atoms with Gasteiger partial charge in [0.25, 0.3) is 0 Å². The van der Waals surface area contributed by atoms with Crippen molar-refractivity contribution < 1.29 is 8.42 Å². The second-order valence-corrected chi connectivity index (χ2v) is 8.42. The highest BCUT2D eigenvalue weighted by Gasteiger charge is 2.24. The number of halogens is 2. The van der Waals surface area contributed by atoms with Gasteiger partial charge in [0, 0.05) is 23.5 Å². The largest absolute Gasteiger partial charge is 0.244 e. The number of rotatable bonds is 5. The number of hydrogen-bond acceptors (Lipinski definition) is 3. The van der Waals surface area contributed by atoms with E-state index in [9.17, 15) is 8.42 Å². The highest BCUT2D eigenvalue weighted by Crippen LogP contribution is 2.28. The normalized spacial score (nSPS) is 11.9. The summed E-state index contributed by atoms with van der Waals surface area (Å²) >= 11 is 13.5. The Kier molecular flexibility index (Phi) is 5.80. The Morgan fingerprint density at radius 1 is 1.09 bits per heavy atom. The second kappa shape index (κ2) is 7.23. The van der Waals surface area contributed by atoms with Crippen LogP contribution in [0, 0.1) is 0 Å². The summed E-state index contributed by atoms with van der Waals surface area (Å²) in [6, 6.07) is 12.2. The van der Waals surface area contributed by atoms with Crippen molar-refractivity contribution in [3.05, 3.63) is 58.1 Å². The molecule has 0 fully saturated rings. The molecule has 0 amide bonds. The van der Waals surface area contributed by atoms with Crippen LogP contribution in [0.2, 0.25) is 10.0 Å². The van der Waals surface area contributed by atoms with Gasteiger partial charge in [-0.1, -0.05) is 35.3 Å². The summed E-state index contributed by atoms with van der Waals surface area (Å²) in [4.78, 5) is 1.15. The topological polar surface area (TPSA) is 37.4 Å². The highest BCUT2D eigenvalue weighted by atomic mass is 35.5. The molecule has 0 saturated heterocycles. The Hall–Kier alpha value is -0.720. The van der Waals surface area contributed by atoms with Gasteiger partial charge >= 0.3 is 0 Å². The molecule has 7 heteroatoms. The Balaban J connectivity index is 2.26. The minimum absolute atomic E-state index is 0.0184. The maximum absolute atomic E-state index is 12.6. The molecule has 22 heavy (non-hydrogen) atoms. The average Bonchev–Trinajstić information content (AvgIpc) is 2.50. The van der Waals surface area contributed by atoms with Crippen molar-refractivity contribution in [3.8, 4) is 0 Å². The molecule has 0 saturated carbocycles. The molecule has 0 aliphatic heterocycles. The van der Waals surface area contributed by atoms with Crippen LogP contribution in [0.15, 0.2) is 52.3 Å². The van der Waals surface area contributed by atoms with E-state index in [0.717, 1.165) is 10.5 Å². The number of thioether (sulfide) groups is 1. The van der Waals surface area contributed by atoms with Crippen molar-refractivity contribution >= 4 is 45.0 Å². The monoisotopic (exact) mass is 375 g/mol. The third-order valence-electron chi connectivity index (χ3n) is 3.15. The molecule has 2 aromatic carbocycles. The van der Waals surface area contributed by atoms with E-state index in [0.29, 0.717) is 5.02 Å². The average molecular weight is 376 g/mol. The summed E-state index contributed by atoms with van der Waals surface area (Å²) in [5, 5.41) is 0.495. The molecule has 0 aromatic heterocycles. The molecule has 118 valence electrons. The van der Waals surface area contributed by atoms with Gasteiger partial charge in [0.1, 0.15) is 4.90 Å². The summed E-state index contributed by atoms with van der Waals surface area (Å²) in [6.07, 6.45) is 1.99. The molecular weight excluding hydrogens is 361 g/mol. The zero-order valence-corrected chi connectivity index (χ0v) is 15.2. The van der Waals surface area contributed by atoms with Crippen molar-refractivity contribution in [3.63, 3.8) is 0 Å². The predicted octanol–water partition coefficient (Wildman–Crippen LogP) is 4.54. The van der Waals surface area contributed by atoms with E-state index in [1.54, 1.807) is 17.8 Å². The van der Waals surface area contributed by atoms with Gasteiger partial charge in [-0.25, -0.2) is 8.42 Å². The zero-order valence-electron chi connectivity index (χ0n) is 12.1. The van der Waals surface area contributed by atoms with Gasteiger partial charge in [0.2, 0.25) is 10.0 Å². The van der Waals surface area contributed by atoms with Gasteiger partial charge in [-0.2, -0.15) is 4.31 Å². The lowest BCUT2D eigenvalue weighted by Gasteiger charge is -2.18. The third kappa shape index (κ3) is 3.97. The second-order valence-electron chi connectivity index (χ2n) is 4.68. The minimum Gasteiger partial charge on any atom is -0.207 e. The predicted molar refractivity (Wildman–Crippen MR) is 93.3 cm³/mol. The van der Waals surface area contributed by atoms with Crippen LogP contribution in [0.4, 0.5) is 0 Å². The van der Waals surface area contributed by atoms with Crippen molar-refractivity contribution in [2.75, 3.05) is 13.3 Å². The standard InChI is InChI=1S/C15H15Cl2NO2S2/c1-18(10-11-3-6-13(21-2)7-4-11)22(19,20)15-9-12(16)5-8-14(15)17/h3-9H,10H2,1-2H3. The Morgan fingerprint density at radius 3 is 2.32 bits per heavy atom. The van der Waals surface area contributed by atoms with Crippen molar-refractivity contribution in [2.45, 2.75) is 16.3 Å². The molecule has 0 spiro atoms. The number of hydrogen-bond donors (Lipinski definition) is 0. The fraction of sp³-hybridized carbons (Fsp3) is 0.200. The summed E-state index contributed by atoms with van der Waals surface area (Å²) < 4.78 is 26.5. The summed E-state index contributed by atoms with van der Waals surface area (Å²) in [5.41, 5.74) is 0.905. The summed E-state index contributed by atoms with van der Waals surface area (Å²) in [5.74, 6) is 0. The molecule has 2 aromatic rings. The Morgan fingerprint density at radius 2 is 1.73 bits per heavy atom. The van der Waals surface area contributed by atoms with Crippen LogP contribution < -0.4 is 0 Å². The molecule has 2 rings (SSSR count). The van der Waals surface area contributed by atoms with Crippen molar-refractivity contribution in [1.82, 2.24) is 4.31 Å². The first kappa shape index (κ1) is 17.6. The summed E-state index contributed by atoms with van der Waals surface area (Å²) in [7, 11) is -2.17. The quantitative estimate of drug-likeness (QED) is 0.720. The van der Waals surface area contributed by atoms with E-state index in [4.69, 9.17) is 23.2 Å². The highest BCUT2D eigenvalue weighted by molar-refractivity contribution is 7.98. The Labute approximate surface area is 145 Å². The van der Waals surface area contributed by atoms with Crippen molar-refractivity contribution in [2.24, 2.45) is 0 Å². The molecule has 0 radical (unpaired) electrons. The molecule has 0 N–H and O–H groups in total. The fourth-order valence-electron chi connectivity index (χ4n) is 1.92. The molecule has 0 unspecified atom stereocenters. The van der Waals surface area contributed by atoms with Crippen LogP contribution in [-0.2, 0) is 16.6 Å². The van der Waals surface area contributed by atoms with Gasteiger partial charge in [-0.05, 0) is 42.2 Å². The number of sulfonamides is 1. The number of nitrogens with zero attached hydrogens (tertiary/aromatic N) is 1. The van der Waals surface area contributed by atoms with E-state index >= 15 is 0 Å². The van der Waals surface area contributed by atoms with Gasteiger partial charge < -0.3 is 0 Å². The van der Waals surface area contributed by atoms with E-state index in [2.05, 4.69) is 0 Å². The van der Waals surface area contributed by atoms with Gasteiger partial charge in [0.05, 0.1) is 5.02 Å².